The van der Waals surface area contributed by atoms with Gasteiger partial charge in [-0.2, -0.15) is 0 Å². The van der Waals surface area contributed by atoms with E-state index < -0.39 is 0 Å². The first-order valence-corrected chi connectivity index (χ1v) is 11.0. The number of benzene rings is 6. The van der Waals surface area contributed by atoms with Crippen molar-refractivity contribution in [1.29, 1.82) is 0 Å². The second-order valence-corrected chi connectivity index (χ2v) is 8.30. The Morgan fingerprint density at radius 3 is 1.84 bits per heavy atom. The number of fused-ring (bicyclic) bond motifs is 4. The largest absolute Gasteiger partial charge is 0.344 e. The van der Waals surface area contributed by atoms with E-state index >= 15 is 0 Å². The third-order valence-corrected chi connectivity index (χ3v) is 6.46. The van der Waals surface area contributed by atoms with Crippen LogP contribution in [0.1, 0.15) is 0 Å². The zero-order valence-corrected chi connectivity index (χ0v) is 18.0. The summed E-state index contributed by atoms with van der Waals surface area (Å²) in [6, 6.07) is 43.6. The van der Waals surface area contributed by atoms with Gasteiger partial charge in [0.1, 0.15) is 0 Å². The molecule has 6 aromatic carbocycles. The van der Waals surface area contributed by atoms with Gasteiger partial charge in [0.15, 0.2) is 0 Å². The molecule has 0 unspecified atom stereocenters. The Morgan fingerprint density at radius 1 is 0.469 bits per heavy atom. The fourth-order valence-corrected chi connectivity index (χ4v) is 4.79. The first-order valence-electron chi connectivity index (χ1n) is 11.0. The van der Waals surface area contributed by atoms with Crippen LogP contribution >= 0.6 is 0 Å². The molecular weight excluding hydrogens is 386 g/mol. The van der Waals surface area contributed by atoms with Crippen molar-refractivity contribution in [2.75, 3.05) is 11.9 Å². The molecule has 0 aliphatic heterocycles. The first kappa shape index (κ1) is 18.7. The molecule has 0 aliphatic carbocycles. The molecular formula is C31H23N. The predicted molar refractivity (Wildman–Crippen MR) is 139 cm³/mol. The highest BCUT2D eigenvalue weighted by molar-refractivity contribution is 6.13. The maximum atomic E-state index is 2.30. The van der Waals surface area contributed by atoms with Crippen molar-refractivity contribution >= 4 is 43.7 Å². The van der Waals surface area contributed by atoms with Crippen molar-refractivity contribution in [3.63, 3.8) is 0 Å². The maximum Gasteiger partial charge on any atom is 0.0494 e. The fourth-order valence-electron chi connectivity index (χ4n) is 4.79. The van der Waals surface area contributed by atoms with E-state index in [1.807, 2.05) is 0 Å². The van der Waals surface area contributed by atoms with E-state index in [9.17, 15) is 0 Å². The lowest BCUT2D eigenvalue weighted by atomic mass is 9.97. The molecule has 0 bridgehead atoms. The zero-order chi connectivity index (χ0) is 21.5. The van der Waals surface area contributed by atoms with E-state index in [1.54, 1.807) is 0 Å². The van der Waals surface area contributed by atoms with Gasteiger partial charge in [0, 0.05) is 23.8 Å². The van der Waals surface area contributed by atoms with Crippen LogP contribution in [0.25, 0.3) is 43.4 Å². The van der Waals surface area contributed by atoms with Crippen molar-refractivity contribution in [3.05, 3.63) is 121 Å². The van der Waals surface area contributed by atoms with E-state index in [4.69, 9.17) is 0 Å². The van der Waals surface area contributed by atoms with Crippen LogP contribution in [0.2, 0.25) is 0 Å². The average Bonchev–Trinajstić information content (AvgIpc) is 2.87. The molecule has 0 N–H and O–H groups in total. The molecule has 1 heteroatoms. The SMILES string of the molecule is CN(c1ccc(-c2cccc3ccccc23)cc1)c1cc2ccccc2c2ccccc12. The summed E-state index contributed by atoms with van der Waals surface area (Å²) in [6.45, 7) is 0. The summed E-state index contributed by atoms with van der Waals surface area (Å²) in [6.07, 6.45) is 0. The number of hydrogen-bond donors (Lipinski definition) is 0. The molecule has 0 saturated carbocycles. The van der Waals surface area contributed by atoms with Gasteiger partial charge in [-0.15, -0.1) is 0 Å². The second-order valence-electron chi connectivity index (χ2n) is 8.30. The molecule has 6 rings (SSSR count). The maximum absolute atomic E-state index is 2.30. The topological polar surface area (TPSA) is 3.24 Å². The van der Waals surface area contributed by atoms with Crippen molar-refractivity contribution in [2.24, 2.45) is 0 Å². The molecule has 32 heavy (non-hydrogen) atoms. The Bertz CT molecular complexity index is 1570. The van der Waals surface area contributed by atoms with Gasteiger partial charge in [-0.05, 0) is 56.3 Å². The van der Waals surface area contributed by atoms with Crippen LogP contribution in [-0.4, -0.2) is 7.05 Å². The van der Waals surface area contributed by atoms with Gasteiger partial charge in [0.25, 0.3) is 0 Å². The van der Waals surface area contributed by atoms with Crippen LogP contribution in [0.15, 0.2) is 121 Å². The van der Waals surface area contributed by atoms with Gasteiger partial charge in [0.2, 0.25) is 0 Å². The van der Waals surface area contributed by atoms with Gasteiger partial charge in [-0.3, -0.25) is 0 Å². The third-order valence-electron chi connectivity index (χ3n) is 6.46. The Morgan fingerprint density at radius 2 is 1.06 bits per heavy atom. The quantitative estimate of drug-likeness (QED) is 0.265. The number of hydrogen-bond acceptors (Lipinski definition) is 1. The molecule has 0 heterocycles. The summed E-state index contributed by atoms with van der Waals surface area (Å²) in [5, 5.41) is 7.68. The normalized spacial score (nSPS) is 11.3. The summed E-state index contributed by atoms with van der Waals surface area (Å²) in [5.74, 6) is 0. The highest BCUT2D eigenvalue weighted by Crippen LogP contribution is 2.37. The van der Waals surface area contributed by atoms with Crippen LogP contribution < -0.4 is 4.90 Å². The zero-order valence-electron chi connectivity index (χ0n) is 18.0. The lowest BCUT2D eigenvalue weighted by Gasteiger charge is -2.23. The molecule has 0 aromatic heterocycles. The standard InChI is InChI=1S/C31H23N/c1-32(31-21-24-10-3-5-13-28(24)29-14-6-7-15-30(29)31)25-19-17-23(18-20-25)27-16-8-11-22-9-2-4-12-26(22)27/h2-21H,1H3. The molecule has 1 nitrogen and oxygen atoms in total. The third kappa shape index (κ3) is 3.02. The van der Waals surface area contributed by atoms with Crippen LogP contribution in [0.4, 0.5) is 11.4 Å². The fraction of sp³-hybridized carbons (Fsp3) is 0.0323. The van der Waals surface area contributed by atoms with Gasteiger partial charge in [-0.25, -0.2) is 0 Å². The predicted octanol–water partition coefficient (Wildman–Crippen LogP) is 8.58. The second kappa shape index (κ2) is 7.55. The average molecular weight is 410 g/mol. The molecule has 0 spiro atoms. The van der Waals surface area contributed by atoms with Crippen LogP contribution in [0, 0.1) is 0 Å². The Kier molecular flexibility index (Phi) is 4.40. The molecule has 152 valence electrons. The van der Waals surface area contributed by atoms with Gasteiger partial charge >= 0.3 is 0 Å². The lowest BCUT2D eigenvalue weighted by molar-refractivity contribution is 1.22. The van der Waals surface area contributed by atoms with Crippen LogP contribution in [0.3, 0.4) is 0 Å². The van der Waals surface area contributed by atoms with Crippen molar-refractivity contribution in [3.8, 4) is 11.1 Å². The summed E-state index contributed by atoms with van der Waals surface area (Å²) < 4.78 is 0. The molecule has 0 radical (unpaired) electrons. The summed E-state index contributed by atoms with van der Waals surface area (Å²) in [4.78, 5) is 2.29. The van der Waals surface area contributed by atoms with Crippen LogP contribution in [0.5, 0.6) is 0 Å². The minimum absolute atomic E-state index is 1.18. The number of rotatable bonds is 3. The van der Waals surface area contributed by atoms with Gasteiger partial charge in [0.05, 0.1) is 0 Å². The first-order chi connectivity index (χ1) is 15.8. The lowest BCUT2D eigenvalue weighted by Crippen LogP contribution is -2.10. The number of anilines is 2. The van der Waals surface area contributed by atoms with E-state index in [0.717, 1.165) is 0 Å². The minimum Gasteiger partial charge on any atom is -0.344 e. The van der Waals surface area contributed by atoms with E-state index in [1.165, 1.54) is 54.8 Å². The summed E-state index contributed by atoms with van der Waals surface area (Å²) in [5.41, 5.74) is 4.91. The highest BCUT2D eigenvalue weighted by atomic mass is 15.1. The molecule has 0 fully saturated rings. The Hall–Kier alpha value is -4.10. The Labute approximate surface area is 188 Å². The molecule has 0 saturated heterocycles. The summed E-state index contributed by atoms with van der Waals surface area (Å²) in [7, 11) is 2.16. The van der Waals surface area contributed by atoms with Crippen LogP contribution in [-0.2, 0) is 0 Å². The monoisotopic (exact) mass is 409 g/mol. The van der Waals surface area contributed by atoms with E-state index in [-0.39, 0.29) is 0 Å². The molecule has 0 aliphatic rings. The van der Waals surface area contributed by atoms with E-state index in [0.29, 0.717) is 0 Å². The Balaban J connectivity index is 1.45. The number of nitrogens with zero attached hydrogens (tertiary/aromatic N) is 1. The van der Waals surface area contributed by atoms with Gasteiger partial charge < -0.3 is 4.90 Å². The van der Waals surface area contributed by atoms with Gasteiger partial charge in [-0.1, -0.05) is 103 Å². The van der Waals surface area contributed by atoms with E-state index in [2.05, 4.69) is 133 Å². The van der Waals surface area contributed by atoms with Crippen molar-refractivity contribution in [1.82, 2.24) is 0 Å². The minimum atomic E-state index is 1.18. The molecule has 0 amide bonds. The molecule has 0 atom stereocenters. The van der Waals surface area contributed by atoms with Crippen molar-refractivity contribution < 1.29 is 0 Å². The molecule has 6 aromatic rings. The smallest absolute Gasteiger partial charge is 0.0494 e. The summed E-state index contributed by atoms with van der Waals surface area (Å²) >= 11 is 0. The van der Waals surface area contributed by atoms with Crippen molar-refractivity contribution in [2.45, 2.75) is 0 Å². The highest BCUT2D eigenvalue weighted by Gasteiger charge is 2.12.